The van der Waals surface area contributed by atoms with Gasteiger partial charge in [0.1, 0.15) is 6.54 Å². The van der Waals surface area contributed by atoms with Crippen molar-refractivity contribution in [1.82, 2.24) is 40.1 Å². The van der Waals surface area contributed by atoms with E-state index in [0.29, 0.717) is 6.54 Å². The third-order valence-corrected chi connectivity index (χ3v) is 5.03. The van der Waals surface area contributed by atoms with Crippen molar-refractivity contribution in [2.45, 2.75) is 13.5 Å². The third-order valence-electron chi connectivity index (χ3n) is 5.03. The van der Waals surface area contributed by atoms with Gasteiger partial charge in [-0.2, -0.15) is 0 Å². The van der Waals surface area contributed by atoms with Gasteiger partial charge in [-0.1, -0.05) is 6.07 Å². The number of fused-ring (bicyclic) bond motifs is 1. The van der Waals surface area contributed by atoms with Gasteiger partial charge in [-0.05, 0) is 25.1 Å². The minimum Gasteiger partial charge on any atom is -0.357 e. The van der Waals surface area contributed by atoms with Crippen LogP contribution in [0.2, 0.25) is 0 Å². The van der Waals surface area contributed by atoms with Gasteiger partial charge in [-0.3, -0.25) is 9.30 Å². The molecule has 0 spiro atoms. The Morgan fingerprint density at radius 1 is 1.03 bits per heavy atom. The average Bonchev–Trinajstić information content (AvgIpc) is 3.22. The highest BCUT2D eigenvalue weighted by atomic mass is 127. The van der Waals surface area contributed by atoms with Crippen LogP contribution in [0.4, 0.5) is 5.95 Å². The molecule has 4 heterocycles. The molecule has 166 valence electrons. The van der Waals surface area contributed by atoms with Crippen molar-refractivity contribution in [2.75, 3.05) is 50.7 Å². The molecule has 31 heavy (non-hydrogen) atoms. The van der Waals surface area contributed by atoms with Crippen LogP contribution < -0.4 is 15.5 Å². The Balaban J connectivity index is 0.00000272. The minimum absolute atomic E-state index is 0. The van der Waals surface area contributed by atoms with E-state index in [1.807, 2.05) is 34.9 Å². The molecule has 0 radical (unpaired) electrons. The van der Waals surface area contributed by atoms with Gasteiger partial charge < -0.3 is 15.5 Å². The molecule has 3 aromatic rings. The Kier molecular flexibility index (Phi) is 8.76. The van der Waals surface area contributed by atoms with Crippen molar-refractivity contribution in [1.29, 1.82) is 0 Å². The van der Waals surface area contributed by atoms with Crippen LogP contribution >= 0.6 is 24.0 Å². The smallest absolute Gasteiger partial charge is 0.225 e. The molecular weight excluding hydrogens is 507 g/mol. The maximum Gasteiger partial charge on any atom is 0.225 e. The molecule has 10 nitrogen and oxygen atoms in total. The topological polar surface area (TPSA) is 98.9 Å². The van der Waals surface area contributed by atoms with Gasteiger partial charge in [-0.15, -0.1) is 34.2 Å². The zero-order chi connectivity index (χ0) is 20.6. The Morgan fingerprint density at radius 3 is 2.61 bits per heavy atom. The third kappa shape index (κ3) is 6.23. The molecule has 0 saturated carbocycles. The number of guanidine groups is 1. The van der Waals surface area contributed by atoms with Gasteiger partial charge in [0.15, 0.2) is 17.4 Å². The number of hydrogen-bond donors (Lipinski definition) is 2. The standard InChI is InChI=1S/C20H28N10.HI/c1-2-21-19(25-16-18-27-26-17-6-3-4-10-30(17)18)22-9-11-28-12-14-29(15-13-28)20-23-7-5-8-24-20;/h3-8,10H,2,9,11-16H2,1H3,(H2,21,22,25);1H. The Morgan fingerprint density at radius 2 is 1.84 bits per heavy atom. The van der Waals surface area contributed by atoms with E-state index >= 15 is 0 Å². The highest BCUT2D eigenvalue weighted by Gasteiger charge is 2.18. The summed E-state index contributed by atoms with van der Waals surface area (Å²) in [6, 6.07) is 7.71. The van der Waals surface area contributed by atoms with Gasteiger partial charge in [0.05, 0.1) is 0 Å². The summed E-state index contributed by atoms with van der Waals surface area (Å²) >= 11 is 0. The first-order valence-electron chi connectivity index (χ1n) is 10.4. The summed E-state index contributed by atoms with van der Waals surface area (Å²) in [6.07, 6.45) is 5.55. The number of anilines is 1. The molecule has 4 rings (SSSR count). The van der Waals surface area contributed by atoms with Crippen LogP contribution in [0.5, 0.6) is 0 Å². The van der Waals surface area contributed by atoms with E-state index < -0.39 is 0 Å². The molecule has 0 unspecified atom stereocenters. The van der Waals surface area contributed by atoms with Crippen LogP contribution in [0.25, 0.3) is 5.65 Å². The van der Waals surface area contributed by atoms with Crippen molar-refractivity contribution in [3.63, 3.8) is 0 Å². The van der Waals surface area contributed by atoms with Gasteiger partial charge in [0, 0.05) is 64.4 Å². The molecule has 1 fully saturated rings. The lowest BCUT2D eigenvalue weighted by Gasteiger charge is -2.34. The van der Waals surface area contributed by atoms with Crippen LogP contribution in [0, 0.1) is 0 Å². The zero-order valence-corrected chi connectivity index (χ0v) is 20.0. The molecule has 1 aliphatic rings. The summed E-state index contributed by atoms with van der Waals surface area (Å²) in [7, 11) is 0. The first-order chi connectivity index (χ1) is 14.8. The SMILES string of the molecule is CCNC(=NCc1nnc2ccccn12)NCCN1CCN(c2ncccn2)CC1.I. The number of nitrogens with zero attached hydrogens (tertiary/aromatic N) is 8. The van der Waals surface area contributed by atoms with Crippen molar-refractivity contribution in [3.05, 3.63) is 48.7 Å². The highest BCUT2D eigenvalue weighted by molar-refractivity contribution is 14.0. The second-order valence-corrected chi connectivity index (χ2v) is 7.04. The second kappa shape index (κ2) is 11.7. The Hall–Kier alpha value is -2.54. The molecule has 3 aromatic heterocycles. The molecular formula is C20H29IN10. The summed E-state index contributed by atoms with van der Waals surface area (Å²) in [6.45, 7) is 9.01. The van der Waals surface area contributed by atoms with Crippen LogP contribution in [0.1, 0.15) is 12.7 Å². The predicted molar refractivity (Wildman–Crippen MR) is 132 cm³/mol. The molecule has 1 aliphatic heterocycles. The van der Waals surface area contributed by atoms with Crippen molar-refractivity contribution < 1.29 is 0 Å². The largest absolute Gasteiger partial charge is 0.357 e. The zero-order valence-electron chi connectivity index (χ0n) is 17.7. The van der Waals surface area contributed by atoms with E-state index in [0.717, 1.165) is 69.2 Å². The second-order valence-electron chi connectivity index (χ2n) is 7.04. The average molecular weight is 536 g/mol. The monoisotopic (exact) mass is 536 g/mol. The fourth-order valence-electron chi connectivity index (χ4n) is 3.45. The van der Waals surface area contributed by atoms with Crippen LogP contribution in [0.15, 0.2) is 47.8 Å². The number of piperazine rings is 1. The molecule has 2 N–H and O–H groups in total. The van der Waals surface area contributed by atoms with E-state index in [1.54, 1.807) is 12.4 Å². The Bertz CT molecular complexity index is 953. The lowest BCUT2D eigenvalue weighted by Crippen LogP contribution is -2.49. The van der Waals surface area contributed by atoms with Crippen molar-refractivity contribution in [2.24, 2.45) is 4.99 Å². The maximum absolute atomic E-state index is 4.67. The molecule has 0 atom stereocenters. The predicted octanol–water partition coefficient (Wildman–Crippen LogP) is 1.01. The number of rotatable bonds is 7. The summed E-state index contributed by atoms with van der Waals surface area (Å²) in [5.74, 6) is 2.43. The fourth-order valence-corrected chi connectivity index (χ4v) is 3.45. The van der Waals surface area contributed by atoms with E-state index in [1.165, 1.54) is 0 Å². The molecule has 0 aliphatic carbocycles. The summed E-state index contributed by atoms with van der Waals surface area (Å²) in [4.78, 5) is 18.0. The molecule has 11 heteroatoms. The summed E-state index contributed by atoms with van der Waals surface area (Å²) < 4.78 is 1.96. The lowest BCUT2D eigenvalue weighted by atomic mass is 10.3. The molecule has 1 saturated heterocycles. The van der Waals surface area contributed by atoms with Gasteiger partial charge in [0.25, 0.3) is 0 Å². The minimum atomic E-state index is 0. The lowest BCUT2D eigenvalue weighted by molar-refractivity contribution is 0.260. The number of hydrogen-bond acceptors (Lipinski definition) is 7. The fraction of sp³-hybridized carbons (Fsp3) is 0.450. The van der Waals surface area contributed by atoms with Crippen molar-refractivity contribution in [3.8, 4) is 0 Å². The van der Waals surface area contributed by atoms with E-state index in [2.05, 4.69) is 52.5 Å². The Labute approximate surface area is 199 Å². The van der Waals surface area contributed by atoms with E-state index in [-0.39, 0.29) is 24.0 Å². The van der Waals surface area contributed by atoms with Crippen LogP contribution in [0.3, 0.4) is 0 Å². The first-order valence-corrected chi connectivity index (χ1v) is 10.4. The van der Waals surface area contributed by atoms with Gasteiger partial charge in [0.2, 0.25) is 5.95 Å². The first kappa shape index (κ1) is 23.1. The van der Waals surface area contributed by atoms with Crippen LogP contribution in [-0.4, -0.2) is 81.2 Å². The van der Waals surface area contributed by atoms with E-state index in [9.17, 15) is 0 Å². The number of halogens is 1. The normalized spacial score (nSPS) is 15.0. The molecule has 0 bridgehead atoms. The molecule has 0 aromatic carbocycles. The summed E-state index contributed by atoms with van der Waals surface area (Å²) in [5.41, 5.74) is 0.834. The maximum atomic E-state index is 4.67. The molecule has 0 amide bonds. The highest BCUT2D eigenvalue weighted by Crippen LogP contribution is 2.09. The number of pyridine rings is 1. The number of aliphatic imine (C=N–C) groups is 1. The summed E-state index contributed by atoms with van der Waals surface area (Å²) in [5, 5.41) is 15.1. The van der Waals surface area contributed by atoms with Gasteiger partial charge in [-0.25, -0.2) is 15.0 Å². The van der Waals surface area contributed by atoms with Crippen molar-refractivity contribution >= 4 is 41.5 Å². The van der Waals surface area contributed by atoms with E-state index in [4.69, 9.17) is 0 Å². The number of aromatic nitrogens is 5. The number of nitrogens with one attached hydrogen (secondary N) is 2. The quantitative estimate of drug-likeness (QED) is 0.263. The van der Waals surface area contributed by atoms with Crippen LogP contribution in [-0.2, 0) is 6.54 Å². The van der Waals surface area contributed by atoms with Gasteiger partial charge >= 0.3 is 0 Å².